The number of hydrogen-bond donors (Lipinski definition) is 0. The number of carbonyl (C=O) groups excluding carboxylic acids is 1. The van der Waals surface area contributed by atoms with Crippen molar-refractivity contribution < 1.29 is 4.79 Å². The number of azide groups is 1. The number of amides is 1. The van der Waals surface area contributed by atoms with Crippen molar-refractivity contribution in [2.24, 2.45) is 5.11 Å². The van der Waals surface area contributed by atoms with Crippen molar-refractivity contribution in [3.63, 3.8) is 0 Å². The van der Waals surface area contributed by atoms with Crippen molar-refractivity contribution in [3.05, 3.63) is 26.5 Å². The zero-order valence-corrected chi connectivity index (χ0v) is 8.94. The van der Waals surface area contributed by atoms with E-state index in [9.17, 15) is 4.79 Å². The lowest BCUT2D eigenvalue weighted by molar-refractivity contribution is 0.0613. The van der Waals surface area contributed by atoms with E-state index in [2.05, 4.69) is 15.0 Å². The second kappa shape index (κ2) is 3.88. The lowest BCUT2D eigenvalue weighted by Crippen LogP contribution is -2.52. The lowest BCUT2D eigenvalue weighted by atomic mass is 10.1. The molecule has 0 saturated carbocycles. The Morgan fingerprint density at radius 2 is 2.53 bits per heavy atom. The summed E-state index contributed by atoms with van der Waals surface area (Å²) in [5.41, 5.74) is 10.6. The zero-order valence-electron chi connectivity index (χ0n) is 8.12. The van der Waals surface area contributed by atoms with Crippen LogP contribution < -0.4 is 0 Å². The van der Waals surface area contributed by atoms with E-state index in [-0.39, 0.29) is 11.9 Å². The first-order valence-corrected chi connectivity index (χ1v) is 5.34. The van der Waals surface area contributed by atoms with Gasteiger partial charge >= 0.3 is 0 Å². The normalized spacial score (nSPS) is 15.7. The summed E-state index contributed by atoms with van der Waals surface area (Å²) in [5, 5.41) is 3.54. The highest BCUT2D eigenvalue weighted by atomic mass is 32.1. The smallest absolute Gasteiger partial charge is 0.265 e. The molecule has 0 atom stereocenters. The predicted octanol–water partition coefficient (Wildman–Crippen LogP) is 1.59. The summed E-state index contributed by atoms with van der Waals surface area (Å²) in [4.78, 5) is 20.9. The number of aromatic nitrogens is 1. The summed E-state index contributed by atoms with van der Waals surface area (Å²) in [6.07, 6.45) is 0. The summed E-state index contributed by atoms with van der Waals surface area (Å²) in [6.45, 7) is 2.84. The van der Waals surface area contributed by atoms with Gasteiger partial charge in [0, 0.05) is 18.0 Å². The molecule has 1 aliphatic heterocycles. The van der Waals surface area contributed by atoms with Crippen molar-refractivity contribution in [1.29, 1.82) is 0 Å². The molecule has 15 heavy (non-hydrogen) atoms. The second-order valence-electron chi connectivity index (χ2n) is 3.34. The van der Waals surface area contributed by atoms with E-state index < -0.39 is 0 Å². The molecule has 78 valence electrons. The number of thiazole rings is 1. The predicted molar refractivity (Wildman–Crippen MR) is 55.7 cm³/mol. The Morgan fingerprint density at radius 3 is 3.07 bits per heavy atom. The van der Waals surface area contributed by atoms with Crippen LogP contribution in [-0.2, 0) is 0 Å². The number of hydrogen-bond acceptors (Lipinski definition) is 4. The molecule has 0 spiro atoms. The first kappa shape index (κ1) is 9.95. The largest absolute Gasteiger partial charge is 0.337 e. The first-order chi connectivity index (χ1) is 7.22. The number of nitrogens with zero attached hydrogens (tertiary/aromatic N) is 5. The van der Waals surface area contributed by atoms with Crippen LogP contribution >= 0.6 is 11.3 Å². The van der Waals surface area contributed by atoms with Gasteiger partial charge in [-0.25, -0.2) is 4.98 Å². The molecule has 7 heteroatoms. The molecule has 0 radical (unpaired) electrons. The fourth-order valence-electron chi connectivity index (χ4n) is 1.42. The fourth-order valence-corrected chi connectivity index (χ4v) is 2.19. The van der Waals surface area contributed by atoms with Gasteiger partial charge in [0.2, 0.25) is 0 Å². The van der Waals surface area contributed by atoms with Crippen LogP contribution in [0.3, 0.4) is 0 Å². The number of carbonyl (C=O) groups is 1. The Balaban J connectivity index is 2.01. The second-order valence-corrected chi connectivity index (χ2v) is 4.19. The van der Waals surface area contributed by atoms with Crippen LogP contribution in [0.5, 0.6) is 0 Å². The van der Waals surface area contributed by atoms with E-state index in [1.165, 1.54) is 11.3 Å². The Labute approximate surface area is 90.2 Å². The van der Waals surface area contributed by atoms with E-state index >= 15 is 0 Å². The van der Waals surface area contributed by atoms with Gasteiger partial charge in [0.05, 0.1) is 17.2 Å². The van der Waals surface area contributed by atoms with Crippen LogP contribution in [0.4, 0.5) is 0 Å². The molecule has 1 saturated heterocycles. The van der Waals surface area contributed by atoms with Crippen molar-refractivity contribution >= 4 is 17.2 Å². The van der Waals surface area contributed by atoms with E-state index in [1.807, 2.05) is 6.92 Å². The standard InChI is InChI=1S/C8H9N5OS/c1-5-7(15-4-10-5)8(14)13-2-6(3-13)11-12-9/h4,6H,2-3H2,1H3. The van der Waals surface area contributed by atoms with Gasteiger partial charge in [-0.15, -0.1) is 11.3 Å². The van der Waals surface area contributed by atoms with Crippen molar-refractivity contribution in [1.82, 2.24) is 9.88 Å². The molecule has 0 unspecified atom stereocenters. The molecule has 0 N–H and O–H groups in total. The van der Waals surface area contributed by atoms with Gasteiger partial charge in [-0.1, -0.05) is 5.11 Å². The Morgan fingerprint density at radius 1 is 1.80 bits per heavy atom. The third-order valence-corrected chi connectivity index (χ3v) is 3.22. The molecule has 0 bridgehead atoms. The van der Waals surface area contributed by atoms with Crippen LogP contribution in [0.25, 0.3) is 10.4 Å². The van der Waals surface area contributed by atoms with Crippen LogP contribution in [0.2, 0.25) is 0 Å². The highest BCUT2D eigenvalue weighted by Crippen LogP contribution is 2.20. The van der Waals surface area contributed by atoms with Crippen LogP contribution in [-0.4, -0.2) is 34.9 Å². The third kappa shape index (κ3) is 1.79. The summed E-state index contributed by atoms with van der Waals surface area (Å²) >= 11 is 1.34. The van der Waals surface area contributed by atoms with E-state index in [1.54, 1.807) is 10.4 Å². The first-order valence-electron chi connectivity index (χ1n) is 4.46. The maximum absolute atomic E-state index is 11.8. The minimum absolute atomic E-state index is 0.0145. The van der Waals surface area contributed by atoms with Crippen LogP contribution in [0, 0.1) is 6.92 Å². The number of aryl methyl sites for hydroxylation is 1. The quantitative estimate of drug-likeness (QED) is 0.433. The van der Waals surface area contributed by atoms with Crippen LogP contribution in [0.1, 0.15) is 15.4 Å². The van der Waals surface area contributed by atoms with Gasteiger partial charge in [-0.05, 0) is 12.5 Å². The number of rotatable bonds is 2. The molecule has 1 aromatic heterocycles. The maximum atomic E-state index is 11.8. The SMILES string of the molecule is Cc1ncsc1C(=O)N1CC(N=[N+]=[N-])C1. The van der Waals surface area contributed by atoms with Gasteiger partial charge in [-0.3, -0.25) is 4.79 Å². The van der Waals surface area contributed by atoms with Gasteiger partial charge in [0.15, 0.2) is 0 Å². The van der Waals surface area contributed by atoms with E-state index in [4.69, 9.17) is 5.53 Å². The Kier molecular flexibility index (Phi) is 2.57. The molecule has 2 rings (SSSR count). The van der Waals surface area contributed by atoms with Gasteiger partial charge in [0.1, 0.15) is 4.88 Å². The summed E-state index contributed by atoms with van der Waals surface area (Å²) in [5.74, 6) is -0.0145. The molecule has 2 heterocycles. The molecule has 1 amide bonds. The average Bonchev–Trinajstić information content (AvgIpc) is 2.56. The monoisotopic (exact) mass is 223 g/mol. The molecule has 6 nitrogen and oxygen atoms in total. The molecule has 0 aromatic carbocycles. The fraction of sp³-hybridized carbons (Fsp3) is 0.500. The van der Waals surface area contributed by atoms with Crippen molar-refractivity contribution in [3.8, 4) is 0 Å². The van der Waals surface area contributed by atoms with Gasteiger partial charge in [0.25, 0.3) is 5.91 Å². The molecule has 0 aliphatic carbocycles. The summed E-state index contributed by atoms with van der Waals surface area (Å²) in [7, 11) is 0. The van der Waals surface area contributed by atoms with E-state index in [0.29, 0.717) is 18.0 Å². The van der Waals surface area contributed by atoms with Crippen molar-refractivity contribution in [2.75, 3.05) is 13.1 Å². The minimum atomic E-state index is -0.0628. The maximum Gasteiger partial charge on any atom is 0.265 e. The van der Waals surface area contributed by atoms with Gasteiger partial charge < -0.3 is 4.90 Å². The average molecular weight is 223 g/mol. The van der Waals surface area contributed by atoms with Crippen LogP contribution in [0.15, 0.2) is 10.6 Å². The molecular formula is C8H9N5OS. The molecule has 1 aromatic rings. The number of likely N-dealkylation sites (tertiary alicyclic amines) is 1. The molecule has 1 aliphatic rings. The molecule has 1 fully saturated rings. The molecular weight excluding hydrogens is 214 g/mol. The van der Waals surface area contributed by atoms with Gasteiger partial charge in [-0.2, -0.15) is 0 Å². The highest BCUT2D eigenvalue weighted by molar-refractivity contribution is 7.11. The summed E-state index contributed by atoms with van der Waals surface area (Å²) < 4.78 is 0. The Bertz CT molecular complexity index is 430. The highest BCUT2D eigenvalue weighted by Gasteiger charge is 2.31. The minimum Gasteiger partial charge on any atom is -0.337 e. The lowest BCUT2D eigenvalue weighted by Gasteiger charge is -2.36. The van der Waals surface area contributed by atoms with E-state index in [0.717, 1.165) is 5.69 Å². The third-order valence-electron chi connectivity index (χ3n) is 2.30. The Hall–Kier alpha value is -1.59. The zero-order chi connectivity index (χ0) is 10.8. The summed E-state index contributed by atoms with van der Waals surface area (Å²) in [6, 6.07) is -0.0628. The topological polar surface area (TPSA) is 82.0 Å². The van der Waals surface area contributed by atoms with Crippen molar-refractivity contribution in [2.45, 2.75) is 13.0 Å².